The molecular formula is C23H25N5O. The van der Waals surface area contributed by atoms with E-state index in [4.69, 9.17) is 5.73 Å². The topological polar surface area (TPSA) is 84.1 Å². The number of benzene rings is 2. The zero-order chi connectivity index (χ0) is 19.8. The number of aromatic nitrogens is 2. The van der Waals surface area contributed by atoms with E-state index in [0.29, 0.717) is 18.3 Å². The molecular weight excluding hydrogens is 362 g/mol. The van der Waals surface area contributed by atoms with Crippen molar-refractivity contribution in [1.29, 1.82) is 0 Å². The van der Waals surface area contributed by atoms with E-state index in [1.165, 1.54) is 5.56 Å². The van der Waals surface area contributed by atoms with Crippen LogP contribution in [0.4, 0.5) is 5.82 Å². The van der Waals surface area contributed by atoms with Gasteiger partial charge in [0.05, 0.1) is 5.52 Å². The van der Waals surface area contributed by atoms with Gasteiger partial charge in [0.1, 0.15) is 12.1 Å². The second-order valence-electron chi connectivity index (χ2n) is 8.19. The van der Waals surface area contributed by atoms with Gasteiger partial charge in [0.15, 0.2) is 0 Å². The molecule has 0 bridgehead atoms. The largest absolute Gasteiger partial charge is 0.355 e. The highest BCUT2D eigenvalue weighted by Crippen LogP contribution is 2.47. The first-order valence-corrected chi connectivity index (χ1v) is 10.2. The first-order chi connectivity index (χ1) is 14.2. The number of carbonyl (C=O) groups excluding carboxylic acids is 1. The van der Waals surface area contributed by atoms with Crippen molar-refractivity contribution >= 4 is 22.6 Å². The number of carbonyl (C=O) groups is 1. The van der Waals surface area contributed by atoms with Crippen molar-refractivity contribution in [2.75, 3.05) is 18.0 Å². The number of nitrogens with zero attached hydrogens (tertiary/aromatic N) is 3. The number of para-hydroxylation sites is 1. The first-order valence-electron chi connectivity index (χ1n) is 10.2. The number of rotatable bonds is 6. The van der Waals surface area contributed by atoms with Crippen molar-refractivity contribution in [3.8, 4) is 0 Å². The van der Waals surface area contributed by atoms with Crippen molar-refractivity contribution < 1.29 is 4.79 Å². The molecule has 0 spiro atoms. The average molecular weight is 387 g/mol. The van der Waals surface area contributed by atoms with E-state index < -0.39 is 0 Å². The molecule has 2 heterocycles. The molecule has 3 aromatic rings. The van der Waals surface area contributed by atoms with Gasteiger partial charge in [-0.3, -0.25) is 4.79 Å². The van der Waals surface area contributed by atoms with E-state index in [1.54, 1.807) is 6.33 Å². The van der Waals surface area contributed by atoms with E-state index in [9.17, 15) is 4.79 Å². The lowest BCUT2D eigenvalue weighted by molar-refractivity contribution is -0.121. The third kappa shape index (κ3) is 3.68. The Morgan fingerprint density at radius 1 is 1.07 bits per heavy atom. The Morgan fingerprint density at radius 2 is 1.79 bits per heavy atom. The molecule has 1 aromatic heterocycles. The van der Waals surface area contributed by atoms with E-state index in [2.05, 4.69) is 38.4 Å². The lowest BCUT2D eigenvalue weighted by Gasteiger charge is -2.22. The molecule has 1 saturated carbocycles. The minimum Gasteiger partial charge on any atom is -0.355 e. The number of hydrogen-bond donors (Lipinski definition) is 2. The van der Waals surface area contributed by atoms with Gasteiger partial charge in [0, 0.05) is 48.8 Å². The van der Waals surface area contributed by atoms with Crippen LogP contribution in [0.5, 0.6) is 0 Å². The number of fused-ring (bicyclic) bond motifs is 2. The highest BCUT2D eigenvalue weighted by atomic mass is 16.1. The summed E-state index contributed by atoms with van der Waals surface area (Å²) in [4.78, 5) is 23.6. The summed E-state index contributed by atoms with van der Waals surface area (Å²) in [5.41, 5.74) is 8.32. The number of hydrogen-bond acceptors (Lipinski definition) is 5. The zero-order valence-electron chi connectivity index (χ0n) is 16.2. The normalized spacial score (nSPS) is 23.6. The summed E-state index contributed by atoms with van der Waals surface area (Å²) in [6.07, 6.45) is 2.72. The maximum atomic E-state index is 12.4. The van der Waals surface area contributed by atoms with Gasteiger partial charge in [0.25, 0.3) is 0 Å². The van der Waals surface area contributed by atoms with Crippen molar-refractivity contribution in [3.05, 3.63) is 66.5 Å². The molecule has 2 aliphatic rings. The van der Waals surface area contributed by atoms with Crippen LogP contribution in [0, 0.1) is 11.8 Å². The number of piperidine rings is 1. The predicted octanol–water partition coefficient (Wildman–Crippen LogP) is 2.14. The highest BCUT2D eigenvalue weighted by molar-refractivity contribution is 5.89. The SMILES string of the molecule is NC(CC(=O)NC1C2CN(c3ncnc4ccccc34)CC21)Cc1ccccc1. The molecule has 5 rings (SSSR count). The molecule has 2 fully saturated rings. The molecule has 1 aliphatic carbocycles. The van der Waals surface area contributed by atoms with Gasteiger partial charge in [-0.2, -0.15) is 0 Å². The quantitative estimate of drug-likeness (QED) is 0.677. The standard InChI is InChI=1S/C23H25N5O/c24-16(10-15-6-2-1-3-7-15)11-21(29)27-22-18-12-28(13-19(18)22)23-17-8-4-5-9-20(17)25-14-26-23/h1-9,14,16,18-19,22H,10-13,24H2,(H,27,29). The van der Waals surface area contributed by atoms with Gasteiger partial charge in [0.2, 0.25) is 5.91 Å². The zero-order valence-corrected chi connectivity index (χ0v) is 16.2. The average Bonchev–Trinajstić information content (AvgIpc) is 3.16. The number of nitrogens with one attached hydrogen (secondary N) is 1. The molecule has 3 N–H and O–H groups in total. The maximum Gasteiger partial charge on any atom is 0.221 e. The lowest BCUT2D eigenvalue weighted by Crippen LogP contribution is -2.38. The Hall–Kier alpha value is -2.99. The summed E-state index contributed by atoms with van der Waals surface area (Å²) < 4.78 is 0. The Labute approximate surface area is 170 Å². The Kier molecular flexibility index (Phi) is 4.64. The Morgan fingerprint density at radius 3 is 2.59 bits per heavy atom. The van der Waals surface area contributed by atoms with E-state index in [0.717, 1.165) is 36.2 Å². The van der Waals surface area contributed by atoms with Crippen LogP contribution in [0.3, 0.4) is 0 Å². The molecule has 6 nitrogen and oxygen atoms in total. The predicted molar refractivity (Wildman–Crippen MR) is 113 cm³/mol. The fraction of sp³-hybridized carbons (Fsp3) is 0.348. The van der Waals surface area contributed by atoms with Gasteiger partial charge < -0.3 is 16.0 Å². The van der Waals surface area contributed by atoms with E-state index in [1.807, 2.05) is 36.4 Å². The van der Waals surface area contributed by atoms with Crippen molar-refractivity contribution in [1.82, 2.24) is 15.3 Å². The highest BCUT2D eigenvalue weighted by Gasteiger charge is 2.56. The molecule has 3 atom stereocenters. The van der Waals surface area contributed by atoms with Crippen molar-refractivity contribution in [2.24, 2.45) is 17.6 Å². The van der Waals surface area contributed by atoms with Crippen LogP contribution >= 0.6 is 0 Å². The minimum atomic E-state index is -0.153. The third-order valence-corrected chi connectivity index (χ3v) is 6.13. The van der Waals surface area contributed by atoms with Gasteiger partial charge >= 0.3 is 0 Å². The summed E-state index contributed by atoms with van der Waals surface area (Å²) in [6, 6.07) is 18.3. The van der Waals surface area contributed by atoms with Gasteiger partial charge in [-0.1, -0.05) is 42.5 Å². The monoisotopic (exact) mass is 387 g/mol. The number of nitrogens with two attached hydrogens (primary N) is 1. The van der Waals surface area contributed by atoms with Crippen molar-refractivity contribution in [3.63, 3.8) is 0 Å². The Balaban J connectivity index is 1.14. The Bertz CT molecular complexity index is 1010. The molecule has 1 aliphatic heterocycles. The summed E-state index contributed by atoms with van der Waals surface area (Å²) in [5.74, 6) is 2.06. The van der Waals surface area contributed by atoms with Crippen LogP contribution in [0.1, 0.15) is 12.0 Å². The van der Waals surface area contributed by atoms with Gasteiger partial charge in [-0.25, -0.2) is 9.97 Å². The molecule has 1 amide bonds. The second-order valence-corrected chi connectivity index (χ2v) is 8.19. The third-order valence-electron chi connectivity index (χ3n) is 6.13. The van der Waals surface area contributed by atoms with Gasteiger partial charge in [-0.05, 0) is 24.1 Å². The van der Waals surface area contributed by atoms with Gasteiger partial charge in [-0.15, -0.1) is 0 Å². The maximum absolute atomic E-state index is 12.4. The second kappa shape index (κ2) is 7.44. The molecule has 6 heteroatoms. The minimum absolute atomic E-state index is 0.0619. The fourth-order valence-electron chi connectivity index (χ4n) is 4.63. The fourth-order valence-corrected chi connectivity index (χ4v) is 4.63. The van der Waals surface area contributed by atoms with Crippen molar-refractivity contribution in [2.45, 2.75) is 24.9 Å². The molecule has 2 aromatic carbocycles. The smallest absolute Gasteiger partial charge is 0.221 e. The van der Waals surface area contributed by atoms with Crippen LogP contribution in [-0.4, -0.2) is 41.0 Å². The van der Waals surface area contributed by atoms with Crippen LogP contribution in [0.15, 0.2) is 60.9 Å². The summed E-state index contributed by atoms with van der Waals surface area (Å²) in [6.45, 7) is 1.85. The molecule has 3 unspecified atom stereocenters. The van der Waals surface area contributed by atoms with Crippen LogP contribution in [0.2, 0.25) is 0 Å². The summed E-state index contributed by atoms with van der Waals surface area (Å²) in [5, 5.41) is 4.29. The lowest BCUT2D eigenvalue weighted by atomic mass is 10.0. The van der Waals surface area contributed by atoms with E-state index >= 15 is 0 Å². The molecule has 29 heavy (non-hydrogen) atoms. The number of anilines is 1. The molecule has 148 valence electrons. The van der Waals surface area contributed by atoms with Crippen LogP contribution in [0.25, 0.3) is 10.9 Å². The van der Waals surface area contributed by atoms with Crippen LogP contribution < -0.4 is 16.0 Å². The van der Waals surface area contributed by atoms with E-state index in [-0.39, 0.29) is 18.0 Å². The van der Waals surface area contributed by atoms with Crippen LogP contribution in [-0.2, 0) is 11.2 Å². The number of amides is 1. The summed E-state index contributed by atoms with van der Waals surface area (Å²) in [7, 11) is 0. The first kappa shape index (κ1) is 18.1. The molecule has 0 radical (unpaired) electrons. The molecule has 1 saturated heterocycles. The summed E-state index contributed by atoms with van der Waals surface area (Å²) >= 11 is 0.